The predicted octanol–water partition coefficient (Wildman–Crippen LogP) is 2.22. The zero-order chi connectivity index (χ0) is 20.5. The molecule has 3 heterocycles. The van der Waals surface area contributed by atoms with Gasteiger partial charge in [0.1, 0.15) is 12.7 Å². The molecule has 2 N–H and O–H groups in total. The van der Waals surface area contributed by atoms with Crippen LogP contribution in [0.25, 0.3) is 16.7 Å². The zero-order valence-electron chi connectivity index (χ0n) is 16.2. The van der Waals surface area contributed by atoms with Gasteiger partial charge in [-0.2, -0.15) is 5.10 Å². The Bertz CT molecular complexity index is 1230. The lowest BCUT2D eigenvalue weighted by atomic mass is 9.91. The van der Waals surface area contributed by atoms with Crippen LogP contribution in [-0.4, -0.2) is 41.5 Å². The Kier molecular flexibility index (Phi) is 4.62. The number of aromatic amines is 1. The molecule has 0 saturated heterocycles. The van der Waals surface area contributed by atoms with Crippen molar-refractivity contribution in [3.8, 4) is 5.82 Å². The molecule has 1 amide bonds. The maximum atomic E-state index is 12.7. The van der Waals surface area contributed by atoms with Crippen molar-refractivity contribution < 1.29 is 4.79 Å². The van der Waals surface area contributed by atoms with Gasteiger partial charge in [0.25, 0.3) is 11.5 Å². The number of benzene rings is 1. The highest BCUT2D eigenvalue weighted by Crippen LogP contribution is 2.27. The molecular weight excluding hydrogens is 382 g/mol. The molecule has 0 radical (unpaired) electrons. The maximum Gasteiger partial charge on any atom is 0.267 e. The molecule has 9 heteroatoms. The van der Waals surface area contributed by atoms with Gasteiger partial charge >= 0.3 is 0 Å². The van der Waals surface area contributed by atoms with E-state index in [-0.39, 0.29) is 23.6 Å². The molecule has 3 aromatic heterocycles. The van der Waals surface area contributed by atoms with Crippen LogP contribution >= 0.6 is 0 Å². The number of nitrogens with one attached hydrogen (secondary N) is 2. The highest BCUT2D eigenvalue weighted by Gasteiger charge is 2.25. The second kappa shape index (κ2) is 7.58. The summed E-state index contributed by atoms with van der Waals surface area (Å²) in [5.74, 6) is 0.487. The average molecular weight is 403 g/mol. The number of amides is 1. The van der Waals surface area contributed by atoms with Crippen molar-refractivity contribution in [1.82, 2.24) is 34.8 Å². The molecule has 1 aromatic carbocycles. The largest absolute Gasteiger partial charge is 0.361 e. The average Bonchev–Trinajstić information content (AvgIpc) is 3.46. The Morgan fingerprint density at radius 2 is 1.97 bits per heavy atom. The van der Waals surface area contributed by atoms with Gasteiger partial charge in [0.2, 0.25) is 0 Å². The Morgan fingerprint density at radius 3 is 2.77 bits per heavy atom. The van der Waals surface area contributed by atoms with Crippen LogP contribution in [0.15, 0.2) is 60.0 Å². The number of hydrogen-bond donors (Lipinski definition) is 2. The van der Waals surface area contributed by atoms with Crippen molar-refractivity contribution in [3.05, 3.63) is 71.2 Å². The lowest BCUT2D eigenvalue weighted by molar-refractivity contribution is 0.0921. The minimum atomic E-state index is -0.134. The molecule has 0 atom stereocenters. The molecule has 0 bridgehead atoms. The van der Waals surface area contributed by atoms with Gasteiger partial charge < -0.3 is 10.3 Å². The number of H-pyrrole nitrogens is 1. The first-order valence-corrected chi connectivity index (χ1v) is 10.0. The van der Waals surface area contributed by atoms with Crippen LogP contribution in [0.2, 0.25) is 0 Å². The third kappa shape index (κ3) is 3.49. The van der Waals surface area contributed by atoms with E-state index in [1.807, 2.05) is 30.5 Å². The van der Waals surface area contributed by atoms with E-state index in [2.05, 4.69) is 25.5 Å². The number of aromatic nitrogens is 6. The molecule has 4 aromatic rings. The predicted molar refractivity (Wildman–Crippen MR) is 110 cm³/mol. The highest BCUT2D eigenvalue weighted by molar-refractivity contribution is 5.98. The van der Waals surface area contributed by atoms with Crippen molar-refractivity contribution in [2.75, 3.05) is 0 Å². The van der Waals surface area contributed by atoms with Gasteiger partial charge in [-0.05, 0) is 55.3 Å². The molecule has 5 rings (SSSR count). The molecule has 152 valence electrons. The normalized spacial score (nSPS) is 19.1. The number of carbonyl (C=O) groups is 1. The highest BCUT2D eigenvalue weighted by atomic mass is 16.1. The smallest absolute Gasteiger partial charge is 0.267 e. The van der Waals surface area contributed by atoms with Gasteiger partial charge in [-0.25, -0.2) is 14.3 Å². The van der Waals surface area contributed by atoms with Crippen molar-refractivity contribution in [2.24, 2.45) is 0 Å². The zero-order valence-corrected chi connectivity index (χ0v) is 16.2. The van der Waals surface area contributed by atoms with Crippen molar-refractivity contribution >= 4 is 16.8 Å². The summed E-state index contributed by atoms with van der Waals surface area (Å²) < 4.78 is 3.07. The SMILES string of the molecule is O=C(NC1CCC(n2nc(-n3cncn3)ccc2=O)CC1)c1ccc2cc[nH]c2c1. The Labute approximate surface area is 171 Å². The molecular formula is C21H21N7O2. The third-order valence-electron chi connectivity index (χ3n) is 5.66. The second-order valence-electron chi connectivity index (χ2n) is 7.57. The van der Waals surface area contributed by atoms with Crippen molar-refractivity contribution in [2.45, 2.75) is 37.8 Å². The molecule has 9 nitrogen and oxygen atoms in total. The van der Waals surface area contributed by atoms with Crippen molar-refractivity contribution in [1.29, 1.82) is 0 Å². The van der Waals surface area contributed by atoms with Gasteiger partial charge in [-0.3, -0.25) is 9.59 Å². The fraction of sp³-hybridized carbons (Fsp3) is 0.286. The standard InChI is InChI=1S/C21H21N7O2/c29-20-8-7-19(27-13-22-12-24-27)26-28(20)17-5-3-16(4-6-17)25-21(30)15-2-1-14-9-10-23-18(14)11-15/h1-2,7-13,16-17,23H,3-6H2,(H,25,30). The summed E-state index contributed by atoms with van der Waals surface area (Å²) in [6, 6.07) is 10.9. The maximum absolute atomic E-state index is 12.7. The molecule has 1 saturated carbocycles. The fourth-order valence-corrected chi connectivity index (χ4v) is 4.05. The monoisotopic (exact) mass is 403 g/mol. The van der Waals surface area contributed by atoms with Crippen LogP contribution < -0.4 is 10.9 Å². The van der Waals surface area contributed by atoms with Crippen LogP contribution in [-0.2, 0) is 0 Å². The molecule has 1 aliphatic carbocycles. The number of hydrogen-bond acceptors (Lipinski definition) is 5. The first kappa shape index (κ1) is 18.3. The lowest BCUT2D eigenvalue weighted by Gasteiger charge is -2.29. The fourth-order valence-electron chi connectivity index (χ4n) is 4.05. The van der Waals surface area contributed by atoms with Crippen LogP contribution in [0, 0.1) is 0 Å². The Hall–Kier alpha value is -3.75. The molecule has 0 aliphatic heterocycles. The van der Waals surface area contributed by atoms with E-state index in [4.69, 9.17) is 0 Å². The van der Waals surface area contributed by atoms with E-state index in [9.17, 15) is 9.59 Å². The van der Waals surface area contributed by atoms with Crippen LogP contribution in [0.4, 0.5) is 0 Å². The summed E-state index contributed by atoms with van der Waals surface area (Å²) in [7, 11) is 0. The van der Waals surface area contributed by atoms with E-state index in [1.165, 1.54) is 21.8 Å². The first-order valence-electron chi connectivity index (χ1n) is 10.0. The number of fused-ring (bicyclic) bond motifs is 1. The topological polar surface area (TPSA) is 110 Å². The molecule has 0 unspecified atom stereocenters. The van der Waals surface area contributed by atoms with Gasteiger partial charge in [0.15, 0.2) is 5.82 Å². The summed E-state index contributed by atoms with van der Waals surface area (Å²) in [5.41, 5.74) is 1.46. The summed E-state index contributed by atoms with van der Waals surface area (Å²) >= 11 is 0. The summed E-state index contributed by atoms with van der Waals surface area (Å²) in [5, 5.41) is 12.8. The lowest BCUT2D eigenvalue weighted by Crippen LogP contribution is -2.39. The van der Waals surface area contributed by atoms with E-state index in [0.29, 0.717) is 11.4 Å². The van der Waals surface area contributed by atoms with E-state index in [1.54, 1.807) is 12.4 Å². The van der Waals surface area contributed by atoms with E-state index < -0.39 is 0 Å². The Balaban J connectivity index is 1.25. The van der Waals surface area contributed by atoms with Crippen molar-refractivity contribution in [3.63, 3.8) is 0 Å². The molecule has 30 heavy (non-hydrogen) atoms. The van der Waals surface area contributed by atoms with Gasteiger partial charge in [-0.15, -0.1) is 5.10 Å². The molecule has 0 spiro atoms. The van der Waals surface area contributed by atoms with Gasteiger partial charge in [-0.1, -0.05) is 6.07 Å². The number of rotatable bonds is 4. The molecule has 1 aliphatic rings. The van der Waals surface area contributed by atoms with E-state index >= 15 is 0 Å². The van der Waals surface area contributed by atoms with Crippen LogP contribution in [0.1, 0.15) is 42.1 Å². The third-order valence-corrected chi connectivity index (χ3v) is 5.66. The van der Waals surface area contributed by atoms with Gasteiger partial charge in [0, 0.05) is 29.4 Å². The number of carbonyl (C=O) groups excluding carboxylic acids is 1. The Morgan fingerprint density at radius 1 is 1.10 bits per heavy atom. The quantitative estimate of drug-likeness (QED) is 0.543. The van der Waals surface area contributed by atoms with Crippen LogP contribution in [0.3, 0.4) is 0 Å². The summed E-state index contributed by atoms with van der Waals surface area (Å²) in [6.07, 6.45) is 7.97. The van der Waals surface area contributed by atoms with E-state index in [0.717, 1.165) is 36.6 Å². The minimum absolute atomic E-state index is 0.00407. The second-order valence-corrected chi connectivity index (χ2v) is 7.57. The summed E-state index contributed by atoms with van der Waals surface area (Å²) in [6.45, 7) is 0. The molecule has 1 fully saturated rings. The summed E-state index contributed by atoms with van der Waals surface area (Å²) in [4.78, 5) is 32.1. The van der Waals surface area contributed by atoms with Crippen LogP contribution in [0.5, 0.6) is 0 Å². The first-order chi connectivity index (χ1) is 14.7. The minimum Gasteiger partial charge on any atom is -0.361 e. The number of nitrogens with zero attached hydrogens (tertiary/aromatic N) is 5. The van der Waals surface area contributed by atoms with Gasteiger partial charge in [0.05, 0.1) is 6.04 Å².